The van der Waals surface area contributed by atoms with Gasteiger partial charge in [-0.2, -0.15) is 0 Å². The number of hydrogen-bond donors (Lipinski definition) is 2. The number of carbonyl (C=O) groups is 1. The average Bonchev–Trinajstić information content (AvgIpc) is 3.04. The Hall–Kier alpha value is -1.61. The molecule has 2 heterocycles. The summed E-state index contributed by atoms with van der Waals surface area (Å²) in [6.07, 6.45) is 0.485. The molecule has 0 unspecified atom stereocenters. The van der Waals surface area contributed by atoms with Gasteiger partial charge in [0.15, 0.2) is 0 Å². The van der Waals surface area contributed by atoms with Crippen molar-refractivity contribution in [1.29, 1.82) is 0 Å². The molecule has 0 aromatic carbocycles. The van der Waals surface area contributed by atoms with Crippen LogP contribution in [0.5, 0.6) is 0 Å². The van der Waals surface area contributed by atoms with Gasteiger partial charge in [-0.3, -0.25) is 4.79 Å². The number of thiophene rings is 2. The largest absolute Gasteiger partial charge is 0.395 e. The summed E-state index contributed by atoms with van der Waals surface area (Å²) >= 11 is 3.10. The van der Waals surface area contributed by atoms with Gasteiger partial charge < -0.3 is 10.4 Å². The molecule has 1 amide bonds. The third-order valence-electron chi connectivity index (χ3n) is 2.94. The van der Waals surface area contributed by atoms with Crippen LogP contribution in [-0.2, 0) is 6.54 Å². The normalized spacial score (nSPS) is 10.0. The Morgan fingerprint density at radius 3 is 2.86 bits per heavy atom. The monoisotopic (exact) mass is 319 g/mol. The second-order valence-corrected chi connectivity index (χ2v) is 6.86. The highest BCUT2D eigenvalue weighted by Gasteiger charge is 2.10. The molecule has 0 saturated carbocycles. The van der Waals surface area contributed by atoms with Crippen LogP contribution >= 0.6 is 22.7 Å². The maximum Gasteiger partial charge on any atom is 0.261 e. The average molecular weight is 319 g/mol. The zero-order valence-corrected chi connectivity index (χ0v) is 13.7. The van der Waals surface area contributed by atoms with E-state index < -0.39 is 0 Å². The Morgan fingerprint density at radius 1 is 1.38 bits per heavy atom. The second kappa shape index (κ2) is 7.41. The maximum atomic E-state index is 12.0. The molecule has 0 atom stereocenters. The van der Waals surface area contributed by atoms with Gasteiger partial charge in [0, 0.05) is 27.1 Å². The standard InChI is InChI=1S/C16H17NO2S2/c1-11-7-15(21-12(11)2)16(19)17-9-14-8-13(10-20-14)5-3-4-6-18/h7-8,10,18H,4,6,9H2,1-2H3,(H,17,19). The van der Waals surface area contributed by atoms with E-state index in [1.165, 1.54) is 16.2 Å². The molecular weight excluding hydrogens is 302 g/mol. The van der Waals surface area contributed by atoms with E-state index in [0.717, 1.165) is 20.9 Å². The van der Waals surface area contributed by atoms with Crippen molar-refractivity contribution in [2.24, 2.45) is 0 Å². The topological polar surface area (TPSA) is 49.3 Å². The molecule has 0 radical (unpaired) electrons. The molecule has 0 saturated heterocycles. The van der Waals surface area contributed by atoms with Crippen LogP contribution in [0.1, 0.15) is 37.0 Å². The van der Waals surface area contributed by atoms with Gasteiger partial charge >= 0.3 is 0 Å². The van der Waals surface area contributed by atoms with Crippen molar-refractivity contribution in [3.05, 3.63) is 43.3 Å². The first-order valence-electron chi connectivity index (χ1n) is 6.62. The van der Waals surface area contributed by atoms with Crippen LogP contribution in [0.15, 0.2) is 17.5 Å². The van der Waals surface area contributed by atoms with Crippen LogP contribution in [0.4, 0.5) is 0 Å². The van der Waals surface area contributed by atoms with Crippen LogP contribution in [0.25, 0.3) is 0 Å². The van der Waals surface area contributed by atoms with Crippen molar-refractivity contribution in [2.45, 2.75) is 26.8 Å². The number of amides is 1. The van der Waals surface area contributed by atoms with E-state index in [0.29, 0.717) is 13.0 Å². The van der Waals surface area contributed by atoms with Gasteiger partial charge in [-0.15, -0.1) is 22.7 Å². The lowest BCUT2D eigenvalue weighted by molar-refractivity contribution is 0.0955. The molecule has 2 aromatic rings. The van der Waals surface area contributed by atoms with Gasteiger partial charge in [0.1, 0.15) is 0 Å². The zero-order chi connectivity index (χ0) is 15.2. The van der Waals surface area contributed by atoms with Crippen molar-refractivity contribution in [1.82, 2.24) is 5.32 Å². The number of nitrogens with one attached hydrogen (secondary N) is 1. The predicted molar refractivity (Wildman–Crippen MR) is 87.9 cm³/mol. The first kappa shape index (κ1) is 15.8. The highest BCUT2D eigenvalue weighted by Crippen LogP contribution is 2.20. The van der Waals surface area contributed by atoms with E-state index >= 15 is 0 Å². The molecule has 2 aromatic heterocycles. The maximum absolute atomic E-state index is 12.0. The molecule has 21 heavy (non-hydrogen) atoms. The zero-order valence-electron chi connectivity index (χ0n) is 12.0. The number of aliphatic hydroxyl groups is 1. The van der Waals surface area contributed by atoms with Crippen molar-refractivity contribution >= 4 is 28.6 Å². The van der Waals surface area contributed by atoms with E-state index in [4.69, 9.17) is 5.11 Å². The quantitative estimate of drug-likeness (QED) is 0.851. The molecule has 0 fully saturated rings. The minimum Gasteiger partial charge on any atom is -0.395 e. The van der Waals surface area contributed by atoms with Gasteiger partial charge in [0.05, 0.1) is 18.0 Å². The van der Waals surface area contributed by atoms with Crippen LogP contribution < -0.4 is 5.32 Å². The van der Waals surface area contributed by atoms with E-state index in [1.54, 1.807) is 11.3 Å². The third kappa shape index (κ3) is 4.43. The fourth-order valence-corrected chi connectivity index (χ4v) is 3.41. The Labute approximate surface area is 132 Å². The minimum atomic E-state index is -0.0301. The van der Waals surface area contributed by atoms with Crippen molar-refractivity contribution in [3.63, 3.8) is 0 Å². The first-order valence-corrected chi connectivity index (χ1v) is 8.32. The minimum absolute atomic E-state index is 0.0301. The molecule has 2 N–H and O–H groups in total. The molecule has 3 nitrogen and oxygen atoms in total. The summed E-state index contributed by atoms with van der Waals surface area (Å²) in [7, 11) is 0. The molecular formula is C16H17NO2S2. The lowest BCUT2D eigenvalue weighted by Crippen LogP contribution is -2.21. The van der Waals surface area contributed by atoms with Crippen LogP contribution in [-0.4, -0.2) is 17.6 Å². The summed E-state index contributed by atoms with van der Waals surface area (Å²) in [4.78, 5) is 15.1. The van der Waals surface area contributed by atoms with E-state index in [9.17, 15) is 4.79 Å². The molecule has 110 valence electrons. The molecule has 5 heteroatoms. The summed E-state index contributed by atoms with van der Waals surface area (Å²) in [5.74, 6) is 5.84. The summed E-state index contributed by atoms with van der Waals surface area (Å²) in [5, 5.41) is 13.6. The second-order valence-electron chi connectivity index (χ2n) is 4.61. The van der Waals surface area contributed by atoms with Crippen molar-refractivity contribution in [2.75, 3.05) is 6.61 Å². The van der Waals surface area contributed by atoms with Gasteiger partial charge in [0.2, 0.25) is 0 Å². The molecule has 2 rings (SSSR count). The van der Waals surface area contributed by atoms with E-state index in [2.05, 4.69) is 17.2 Å². The van der Waals surface area contributed by atoms with Crippen molar-refractivity contribution in [3.8, 4) is 11.8 Å². The van der Waals surface area contributed by atoms with Crippen LogP contribution in [0, 0.1) is 25.7 Å². The number of rotatable bonds is 4. The Balaban J connectivity index is 1.91. The molecule has 0 aliphatic rings. The SMILES string of the molecule is Cc1cc(C(=O)NCc2cc(C#CCCO)cs2)sc1C. The highest BCUT2D eigenvalue weighted by atomic mass is 32.1. The van der Waals surface area contributed by atoms with Crippen LogP contribution in [0.2, 0.25) is 0 Å². The molecule has 0 aliphatic heterocycles. The molecule has 0 aliphatic carbocycles. The van der Waals surface area contributed by atoms with Gasteiger partial charge in [0.25, 0.3) is 5.91 Å². The lowest BCUT2D eigenvalue weighted by Gasteiger charge is -2.00. The third-order valence-corrected chi connectivity index (χ3v) is 5.02. The first-order chi connectivity index (χ1) is 10.1. The number of aliphatic hydroxyl groups excluding tert-OH is 1. The van der Waals surface area contributed by atoms with E-state index in [1.807, 2.05) is 31.4 Å². The van der Waals surface area contributed by atoms with Gasteiger partial charge in [-0.25, -0.2) is 0 Å². The van der Waals surface area contributed by atoms with Gasteiger partial charge in [-0.05, 0) is 31.5 Å². The number of aryl methyl sites for hydroxylation is 2. The van der Waals surface area contributed by atoms with Crippen LogP contribution in [0.3, 0.4) is 0 Å². The summed E-state index contributed by atoms with van der Waals surface area (Å²) in [5.41, 5.74) is 2.09. The fraction of sp³-hybridized carbons (Fsp3) is 0.312. The Morgan fingerprint density at radius 2 is 2.19 bits per heavy atom. The molecule has 0 bridgehead atoms. The van der Waals surface area contributed by atoms with E-state index in [-0.39, 0.29) is 12.5 Å². The Bertz CT molecular complexity index is 669. The number of carbonyl (C=O) groups excluding carboxylic acids is 1. The lowest BCUT2D eigenvalue weighted by atomic mass is 10.3. The summed E-state index contributed by atoms with van der Waals surface area (Å²) < 4.78 is 0. The number of hydrogen-bond acceptors (Lipinski definition) is 4. The summed E-state index contributed by atoms with van der Waals surface area (Å²) in [6, 6.07) is 3.90. The molecule has 0 spiro atoms. The fourth-order valence-electron chi connectivity index (χ4n) is 1.70. The Kier molecular flexibility index (Phi) is 5.57. The van der Waals surface area contributed by atoms with Crippen molar-refractivity contribution < 1.29 is 9.90 Å². The predicted octanol–water partition coefficient (Wildman–Crippen LogP) is 3.09. The van der Waals surface area contributed by atoms with Gasteiger partial charge in [-0.1, -0.05) is 11.8 Å². The smallest absolute Gasteiger partial charge is 0.261 e. The highest BCUT2D eigenvalue weighted by molar-refractivity contribution is 7.14. The summed E-state index contributed by atoms with van der Waals surface area (Å²) in [6.45, 7) is 4.63.